The first-order chi connectivity index (χ1) is 16.4. The molecule has 0 spiro atoms. The number of hydrogen-bond donors (Lipinski definition) is 3. The van der Waals surface area contributed by atoms with Crippen LogP contribution in [0.5, 0.6) is 0 Å². The van der Waals surface area contributed by atoms with E-state index in [4.69, 9.17) is 9.84 Å². The van der Waals surface area contributed by atoms with Crippen molar-refractivity contribution in [3.8, 4) is 11.1 Å². The Morgan fingerprint density at radius 1 is 1.00 bits per heavy atom. The van der Waals surface area contributed by atoms with Crippen LogP contribution in [0.3, 0.4) is 0 Å². The van der Waals surface area contributed by atoms with Crippen molar-refractivity contribution >= 4 is 18.0 Å². The SMILES string of the molecule is CC(NC(=O)[C@@H]1CCC[C@@H]1CNC(=O)OCC1c2ccccc2-c2ccccc21)C(C)C(=O)O. The van der Waals surface area contributed by atoms with Crippen LogP contribution < -0.4 is 10.6 Å². The van der Waals surface area contributed by atoms with Crippen LogP contribution in [0.15, 0.2) is 48.5 Å². The fraction of sp³-hybridized carbons (Fsp3) is 0.444. The van der Waals surface area contributed by atoms with E-state index in [0.717, 1.165) is 30.4 Å². The molecule has 2 amide bonds. The zero-order valence-corrected chi connectivity index (χ0v) is 19.6. The molecule has 7 heteroatoms. The maximum Gasteiger partial charge on any atom is 0.407 e. The van der Waals surface area contributed by atoms with Crippen molar-refractivity contribution in [2.24, 2.45) is 17.8 Å². The maximum atomic E-state index is 12.7. The number of aliphatic carboxylic acids is 1. The highest BCUT2D eigenvalue weighted by atomic mass is 16.5. The standard InChI is InChI=1S/C27H32N2O5/c1-16(26(31)32)17(2)29-25(30)19-13-7-8-18(19)14-28-27(33)34-15-24-22-11-5-3-9-20(22)21-10-4-6-12-23(21)24/h3-6,9-12,16-19,24H,7-8,13-15H2,1-2H3,(H,28,33)(H,29,30)(H,31,32)/t16?,17?,18-,19-/m1/s1. The third-order valence-electron chi connectivity index (χ3n) is 7.36. The Labute approximate surface area is 199 Å². The lowest BCUT2D eigenvalue weighted by Gasteiger charge is -2.24. The summed E-state index contributed by atoms with van der Waals surface area (Å²) in [7, 11) is 0. The molecule has 2 aliphatic rings. The van der Waals surface area contributed by atoms with E-state index in [1.165, 1.54) is 11.1 Å². The van der Waals surface area contributed by atoms with Gasteiger partial charge in [-0.05, 0) is 54.9 Å². The predicted octanol–water partition coefficient (Wildman–Crippen LogP) is 4.17. The van der Waals surface area contributed by atoms with Crippen molar-refractivity contribution in [2.45, 2.75) is 45.1 Å². The zero-order chi connectivity index (χ0) is 24.2. The topological polar surface area (TPSA) is 105 Å². The average molecular weight is 465 g/mol. The minimum absolute atomic E-state index is 0.000805. The second kappa shape index (κ2) is 10.3. The molecule has 4 rings (SSSR count). The normalized spacial score (nSPS) is 20.6. The van der Waals surface area contributed by atoms with Gasteiger partial charge in [0.25, 0.3) is 0 Å². The van der Waals surface area contributed by atoms with E-state index >= 15 is 0 Å². The van der Waals surface area contributed by atoms with Gasteiger partial charge in [0.05, 0.1) is 5.92 Å². The molecule has 4 atom stereocenters. The second-order valence-electron chi connectivity index (χ2n) is 9.43. The molecule has 0 radical (unpaired) electrons. The molecule has 0 bridgehead atoms. The summed E-state index contributed by atoms with van der Waals surface area (Å²) in [5.74, 6) is -1.97. The van der Waals surface area contributed by atoms with Crippen LogP contribution in [-0.2, 0) is 14.3 Å². The number of ether oxygens (including phenoxy) is 1. The average Bonchev–Trinajstić information content (AvgIpc) is 3.43. The number of alkyl carbamates (subject to hydrolysis) is 1. The van der Waals surface area contributed by atoms with Gasteiger partial charge >= 0.3 is 12.1 Å². The Hall–Kier alpha value is -3.35. The molecule has 2 aliphatic carbocycles. The first-order valence-electron chi connectivity index (χ1n) is 12.0. The highest BCUT2D eigenvalue weighted by molar-refractivity contribution is 5.81. The Balaban J connectivity index is 1.30. The molecule has 1 fully saturated rings. The molecule has 3 N–H and O–H groups in total. The van der Waals surface area contributed by atoms with Crippen LogP contribution in [0.25, 0.3) is 11.1 Å². The van der Waals surface area contributed by atoms with Crippen molar-refractivity contribution in [3.63, 3.8) is 0 Å². The first-order valence-corrected chi connectivity index (χ1v) is 12.0. The Kier molecular flexibility index (Phi) is 7.20. The fourth-order valence-electron chi connectivity index (χ4n) is 5.16. The predicted molar refractivity (Wildman–Crippen MR) is 128 cm³/mol. The van der Waals surface area contributed by atoms with Gasteiger partial charge in [-0.3, -0.25) is 9.59 Å². The number of fused-ring (bicyclic) bond motifs is 3. The van der Waals surface area contributed by atoms with E-state index in [9.17, 15) is 14.4 Å². The number of carbonyl (C=O) groups is 3. The van der Waals surface area contributed by atoms with Gasteiger partial charge in [-0.2, -0.15) is 0 Å². The van der Waals surface area contributed by atoms with Crippen molar-refractivity contribution in [2.75, 3.05) is 13.2 Å². The molecule has 2 aromatic rings. The monoisotopic (exact) mass is 464 g/mol. The molecule has 7 nitrogen and oxygen atoms in total. The molecule has 0 saturated heterocycles. The smallest absolute Gasteiger partial charge is 0.407 e. The van der Waals surface area contributed by atoms with E-state index < -0.39 is 24.0 Å². The summed E-state index contributed by atoms with van der Waals surface area (Å²) in [6, 6.07) is 15.9. The number of hydrogen-bond acceptors (Lipinski definition) is 4. The first kappa shape index (κ1) is 23.8. The number of carboxylic acids is 1. The molecular weight excluding hydrogens is 432 g/mol. The maximum absolute atomic E-state index is 12.7. The van der Waals surface area contributed by atoms with Gasteiger partial charge in [-0.25, -0.2) is 4.79 Å². The van der Waals surface area contributed by atoms with Gasteiger partial charge in [-0.1, -0.05) is 55.0 Å². The minimum atomic E-state index is -0.937. The van der Waals surface area contributed by atoms with Crippen LogP contribution in [0.2, 0.25) is 0 Å². The fourth-order valence-corrected chi connectivity index (χ4v) is 5.16. The van der Waals surface area contributed by atoms with Crippen LogP contribution in [0.4, 0.5) is 4.79 Å². The third-order valence-corrected chi connectivity index (χ3v) is 7.36. The molecule has 2 unspecified atom stereocenters. The Morgan fingerprint density at radius 2 is 1.62 bits per heavy atom. The van der Waals surface area contributed by atoms with E-state index in [0.29, 0.717) is 6.54 Å². The van der Waals surface area contributed by atoms with Crippen LogP contribution in [0, 0.1) is 17.8 Å². The number of amides is 2. The number of rotatable bonds is 8. The number of benzene rings is 2. The largest absolute Gasteiger partial charge is 0.481 e. The summed E-state index contributed by atoms with van der Waals surface area (Å²) in [6.45, 7) is 3.89. The summed E-state index contributed by atoms with van der Waals surface area (Å²) >= 11 is 0. The van der Waals surface area contributed by atoms with Gasteiger partial charge in [-0.15, -0.1) is 0 Å². The van der Waals surface area contributed by atoms with Crippen molar-refractivity contribution < 1.29 is 24.2 Å². The van der Waals surface area contributed by atoms with Crippen LogP contribution in [0.1, 0.15) is 50.2 Å². The molecule has 0 heterocycles. The van der Waals surface area contributed by atoms with Crippen LogP contribution in [-0.4, -0.2) is 42.3 Å². The lowest BCUT2D eigenvalue weighted by molar-refractivity contribution is -0.142. The van der Waals surface area contributed by atoms with Gasteiger partial charge in [0.1, 0.15) is 6.61 Å². The molecule has 0 aromatic heterocycles. The van der Waals surface area contributed by atoms with E-state index in [2.05, 4.69) is 34.9 Å². The van der Waals surface area contributed by atoms with E-state index in [1.54, 1.807) is 13.8 Å². The van der Waals surface area contributed by atoms with Crippen molar-refractivity contribution in [3.05, 3.63) is 59.7 Å². The molecule has 180 valence electrons. The molecular formula is C27H32N2O5. The Bertz CT molecular complexity index is 1020. The Morgan fingerprint density at radius 3 is 2.24 bits per heavy atom. The van der Waals surface area contributed by atoms with E-state index in [-0.39, 0.29) is 30.3 Å². The van der Waals surface area contributed by atoms with Crippen molar-refractivity contribution in [1.82, 2.24) is 10.6 Å². The van der Waals surface area contributed by atoms with Crippen LogP contribution >= 0.6 is 0 Å². The van der Waals surface area contributed by atoms with Crippen molar-refractivity contribution in [1.29, 1.82) is 0 Å². The minimum Gasteiger partial charge on any atom is -0.481 e. The summed E-state index contributed by atoms with van der Waals surface area (Å²) in [5, 5.41) is 14.8. The molecule has 2 aromatic carbocycles. The number of carbonyl (C=O) groups excluding carboxylic acids is 2. The number of nitrogens with one attached hydrogen (secondary N) is 2. The highest BCUT2D eigenvalue weighted by Gasteiger charge is 2.35. The summed E-state index contributed by atoms with van der Waals surface area (Å²) in [5.41, 5.74) is 4.68. The number of carboxylic acid groups (broad SMARTS) is 1. The molecule has 1 saturated carbocycles. The summed E-state index contributed by atoms with van der Waals surface area (Å²) in [6.07, 6.45) is 1.99. The molecule has 34 heavy (non-hydrogen) atoms. The highest BCUT2D eigenvalue weighted by Crippen LogP contribution is 2.44. The van der Waals surface area contributed by atoms with Gasteiger partial charge in [0.15, 0.2) is 0 Å². The summed E-state index contributed by atoms with van der Waals surface area (Å²) < 4.78 is 5.60. The van der Waals surface area contributed by atoms with Gasteiger partial charge in [0.2, 0.25) is 5.91 Å². The lowest BCUT2D eigenvalue weighted by atomic mass is 9.94. The molecule has 0 aliphatic heterocycles. The zero-order valence-electron chi connectivity index (χ0n) is 19.6. The lowest BCUT2D eigenvalue weighted by Crippen LogP contribution is -2.45. The van der Waals surface area contributed by atoms with Gasteiger partial charge < -0.3 is 20.5 Å². The third kappa shape index (κ3) is 4.93. The van der Waals surface area contributed by atoms with Gasteiger partial charge in [0, 0.05) is 24.4 Å². The second-order valence-corrected chi connectivity index (χ2v) is 9.43. The quantitative estimate of drug-likeness (QED) is 0.544. The van der Waals surface area contributed by atoms with E-state index in [1.807, 2.05) is 24.3 Å². The summed E-state index contributed by atoms with van der Waals surface area (Å²) in [4.78, 5) is 36.4.